The molecule has 150 valence electrons. The molecule has 2 aromatic rings. The summed E-state index contributed by atoms with van der Waals surface area (Å²) in [5.74, 6) is -0.358. The molecule has 2 aromatic carbocycles. The number of carbonyl (C=O) groups is 1. The van der Waals surface area contributed by atoms with Gasteiger partial charge in [-0.05, 0) is 36.9 Å². The number of likely N-dealkylation sites (N-methyl/N-ethyl adjacent to an activating group) is 1. The number of nitrogens with zero attached hydrogens (tertiary/aromatic N) is 3. The fraction of sp³-hybridized carbons (Fsp3) is 0.350. The molecule has 0 radical (unpaired) electrons. The Labute approximate surface area is 165 Å². The molecule has 1 saturated heterocycles. The molecule has 1 amide bonds. The fourth-order valence-corrected chi connectivity index (χ4v) is 4.70. The number of halogens is 1. The molecule has 28 heavy (non-hydrogen) atoms. The molecule has 0 atom stereocenters. The SMILES string of the molecule is CN(CC(=O)N1CCN(S(=O)(=O)c2ccccc2)CC1)Cc1cccc(F)c1. The first-order valence-corrected chi connectivity index (χ1v) is 10.6. The highest BCUT2D eigenvalue weighted by Crippen LogP contribution is 2.17. The van der Waals surface area contributed by atoms with Gasteiger partial charge in [0.1, 0.15) is 5.82 Å². The van der Waals surface area contributed by atoms with Gasteiger partial charge in [0.25, 0.3) is 0 Å². The molecule has 8 heteroatoms. The van der Waals surface area contributed by atoms with E-state index < -0.39 is 10.0 Å². The van der Waals surface area contributed by atoms with E-state index in [1.807, 2.05) is 11.0 Å². The lowest BCUT2D eigenvalue weighted by atomic mass is 10.2. The standard InChI is InChI=1S/C20H24FN3O3S/c1-22(15-17-6-5-7-18(21)14-17)16-20(25)23-10-12-24(13-11-23)28(26,27)19-8-3-2-4-9-19/h2-9,14H,10-13,15-16H2,1H3. The van der Waals surface area contributed by atoms with E-state index in [1.165, 1.54) is 16.4 Å². The van der Waals surface area contributed by atoms with Gasteiger partial charge in [0.2, 0.25) is 15.9 Å². The predicted octanol–water partition coefficient (Wildman–Crippen LogP) is 1.79. The first-order valence-electron chi connectivity index (χ1n) is 9.12. The summed E-state index contributed by atoms with van der Waals surface area (Å²) in [6.07, 6.45) is 0. The summed E-state index contributed by atoms with van der Waals surface area (Å²) >= 11 is 0. The largest absolute Gasteiger partial charge is 0.339 e. The molecule has 0 N–H and O–H groups in total. The molecule has 3 rings (SSSR count). The first kappa shape index (κ1) is 20.4. The van der Waals surface area contributed by atoms with Gasteiger partial charge in [-0.2, -0.15) is 4.31 Å². The summed E-state index contributed by atoms with van der Waals surface area (Å²) in [4.78, 5) is 16.3. The number of rotatable bonds is 6. The van der Waals surface area contributed by atoms with Crippen molar-refractivity contribution >= 4 is 15.9 Å². The Hall–Kier alpha value is -2.29. The van der Waals surface area contributed by atoms with Gasteiger partial charge in [0.15, 0.2) is 0 Å². The van der Waals surface area contributed by atoms with Gasteiger partial charge < -0.3 is 4.90 Å². The van der Waals surface area contributed by atoms with Crippen molar-refractivity contribution in [1.82, 2.24) is 14.1 Å². The van der Waals surface area contributed by atoms with Crippen LogP contribution in [0.4, 0.5) is 4.39 Å². The minimum atomic E-state index is -3.53. The monoisotopic (exact) mass is 405 g/mol. The van der Waals surface area contributed by atoms with Gasteiger partial charge >= 0.3 is 0 Å². The second-order valence-corrected chi connectivity index (χ2v) is 8.84. The van der Waals surface area contributed by atoms with E-state index in [9.17, 15) is 17.6 Å². The molecular weight excluding hydrogens is 381 g/mol. The zero-order chi connectivity index (χ0) is 20.1. The van der Waals surface area contributed by atoms with Gasteiger partial charge in [-0.15, -0.1) is 0 Å². The van der Waals surface area contributed by atoms with Crippen LogP contribution in [-0.2, 0) is 21.4 Å². The topological polar surface area (TPSA) is 60.9 Å². The van der Waals surface area contributed by atoms with Crippen molar-refractivity contribution in [2.75, 3.05) is 39.8 Å². The van der Waals surface area contributed by atoms with Crippen LogP contribution in [0.25, 0.3) is 0 Å². The Balaban J connectivity index is 1.52. The fourth-order valence-electron chi connectivity index (χ4n) is 3.25. The van der Waals surface area contributed by atoms with E-state index >= 15 is 0 Å². The van der Waals surface area contributed by atoms with E-state index in [0.29, 0.717) is 19.6 Å². The maximum absolute atomic E-state index is 13.3. The lowest BCUT2D eigenvalue weighted by Crippen LogP contribution is -2.52. The summed E-state index contributed by atoms with van der Waals surface area (Å²) in [6, 6.07) is 14.6. The Bertz CT molecular complexity index is 913. The Morgan fingerprint density at radius 2 is 1.71 bits per heavy atom. The lowest BCUT2D eigenvalue weighted by molar-refractivity contribution is -0.133. The van der Waals surface area contributed by atoms with Crippen LogP contribution in [0, 0.1) is 5.82 Å². The van der Waals surface area contributed by atoms with Gasteiger partial charge in [-0.25, -0.2) is 12.8 Å². The average molecular weight is 405 g/mol. The maximum Gasteiger partial charge on any atom is 0.243 e. The number of hydrogen-bond donors (Lipinski definition) is 0. The Kier molecular flexibility index (Phi) is 6.43. The van der Waals surface area contributed by atoms with E-state index in [-0.39, 0.29) is 36.3 Å². The highest BCUT2D eigenvalue weighted by Gasteiger charge is 2.30. The third kappa shape index (κ3) is 4.95. The first-order chi connectivity index (χ1) is 13.4. The quantitative estimate of drug-likeness (QED) is 0.735. The third-order valence-electron chi connectivity index (χ3n) is 4.72. The molecule has 1 aliphatic heterocycles. The molecule has 0 unspecified atom stereocenters. The van der Waals surface area contributed by atoms with Crippen molar-refractivity contribution in [3.8, 4) is 0 Å². The lowest BCUT2D eigenvalue weighted by Gasteiger charge is -2.34. The van der Waals surface area contributed by atoms with E-state index in [2.05, 4.69) is 0 Å². The van der Waals surface area contributed by atoms with Crippen molar-refractivity contribution in [1.29, 1.82) is 0 Å². The Morgan fingerprint density at radius 3 is 2.36 bits per heavy atom. The molecule has 1 heterocycles. The summed E-state index contributed by atoms with van der Waals surface area (Å²) in [6.45, 7) is 1.93. The van der Waals surface area contributed by atoms with E-state index in [4.69, 9.17) is 0 Å². The van der Waals surface area contributed by atoms with Gasteiger partial charge in [-0.3, -0.25) is 9.69 Å². The summed E-state index contributed by atoms with van der Waals surface area (Å²) < 4.78 is 40.0. The van der Waals surface area contributed by atoms with Crippen LogP contribution in [0.2, 0.25) is 0 Å². The van der Waals surface area contributed by atoms with Crippen LogP contribution in [0.1, 0.15) is 5.56 Å². The summed E-state index contributed by atoms with van der Waals surface area (Å²) in [5.41, 5.74) is 0.800. The minimum Gasteiger partial charge on any atom is -0.339 e. The number of amides is 1. The minimum absolute atomic E-state index is 0.0596. The zero-order valence-corrected chi connectivity index (χ0v) is 16.6. The number of piperazine rings is 1. The van der Waals surface area contributed by atoms with Crippen LogP contribution in [0.15, 0.2) is 59.5 Å². The normalized spacial score (nSPS) is 15.8. The second kappa shape index (κ2) is 8.81. The second-order valence-electron chi connectivity index (χ2n) is 6.90. The Morgan fingerprint density at radius 1 is 1.04 bits per heavy atom. The molecule has 1 fully saturated rings. The van der Waals surface area contributed by atoms with Crippen molar-refractivity contribution in [3.63, 3.8) is 0 Å². The van der Waals surface area contributed by atoms with Crippen LogP contribution in [-0.4, -0.2) is 68.2 Å². The van der Waals surface area contributed by atoms with Gasteiger partial charge in [0.05, 0.1) is 11.4 Å². The van der Waals surface area contributed by atoms with Crippen molar-refractivity contribution in [3.05, 3.63) is 66.0 Å². The number of benzene rings is 2. The van der Waals surface area contributed by atoms with Crippen LogP contribution < -0.4 is 0 Å². The number of hydrogen-bond acceptors (Lipinski definition) is 4. The molecule has 0 bridgehead atoms. The van der Waals surface area contributed by atoms with E-state index in [1.54, 1.807) is 48.3 Å². The van der Waals surface area contributed by atoms with Crippen LogP contribution in [0.5, 0.6) is 0 Å². The van der Waals surface area contributed by atoms with Gasteiger partial charge in [-0.1, -0.05) is 30.3 Å². The zero-order valence-electron chi connectivity index (χ0n) is 15.8. The highest BCUT2D eigenvalue weighted by atomic mass is 32.2. The summed E-state index contributed by atoms with van der Waals surface area (Å²) in [5, 5.41) is 0. The molecule has 1 aliphatic rings. The predicted molar refractivity (Wildman–Crippen MR) is 105 cm³/mol. The molecule has 0 spiro atoms. The maximum atomic E-state index is 13.3. The third-order valence-corrected chi connectivity index (χ3v) is 6.63. The molecule has 6 nitrogen and oxygen atoms in total. The van der Waals surface area contributed by atoms with E-state index in [0.717, 1.165) is 5.56 Å². The highest BCUT2D eigenvalue weighted by molar-refractivity contribution is 7.89. The summed E-state index contributed by atoms with van der Waals surface area (Å²) in [7, 11) is -1.73. The van der Waals surface area contributed by atoms with Crippen molar-refractivity contribution in [2.45, 2.75) is 11.4 Å². The molecule has 0 aromatic heterocycles. The number of sulfonamides is 1. The molecule has 0 saturated carbocycles. The molecule has 0 aliphatic carbocycles. The average Bonchev–Trinajstić information content (AvgIpc) is 2.68. The van der Waals surface area contributed by atoms with Crippen molar-refractivity contribution < 1.29 is 17.6 Å². The van der Waals surface area contributed by atoms with Crippen molar-refractivity contribution in [2.24, 2.45) is 0 Å². The molecular formula is C20H24FN3O3S. The smallest absolute Gasteiger partial charge is 0.243 e. The van der Waals surface area contributed by atoms with Crippen LogP contribution in [0.3, 0.4) is 0 Å². The van der Waals surface area contributed by atoms with Crippen LogP contribution >= 0.6 is 0 Å². The number of carbonyl (C=O) groups excluding carboxylic acids is 1. The van der Waals surface area contributed by atoms with Gasteiger partial charge in [0, 0.05) is 32.7 Å².